The van der Waals surface area contributed by atoms with E-state index in [1.807, 2.05) is 27.0 Å². The third kappa shape index (κ3) is 3.25. The molecular weight excluding hydrogens is 236 g/mol. The largest absolute Gasteiger partial charge is 0.286 e. The van der Waals surface area contributed by atoms with Crippen LogP contribution in [-0.4, -0.2) is 21.6 Å². The maximum absolute atomic E-state index is 11.6. The van der Waals surface area contributed by atoms with Crippen molar-refractivity contribution in [1.82, 2.24) is 10.2 Å². The van der Waals surface area contributed by atoms with Gasteiger partial charge in [0.05, 0.1) is 0 Å². The lowest BCUT2D eigenvalue weighted by molar-refractivity contribution is -0.117. The van der Waals surface area contributed by atoms with Crippen LogP contribution in [0.1, 0.15) is 20.8 Å². The molecule has 78 valence electrons. The summed E-state index contributed by atoms with van der Waals surface area (Å²) >= 11 is 4.18. The Hall–Kier alpha value is -0.0700. The molecule has 0 saturated carbocycles. The van der Waals surface area contributed by atoms with Gasteiger partial charge in [0.25, 0.3) is 0 Å². The molecule has 0 aromatic carbocycles. The number of thioether (sulfide) groups is 2. The van der Waals surface area contributed by atoms with Crippen molar-refractivity contribution >= 4 is 40.0 Å². The first-order valence-corrected chi connectivity index (χ1v) is 6.89. The highest BCUT2D eigenvalue weighted by Crippen LogP contribution is 2.32. The van der Waals surface area contributed by atoms with Crippen molar-refractivity contribution in [2.24, 2.45) is 5.41 Å². The van der Waals surface area contributed by atoms with E-state index in [2.05, 4.69) is 10.2 Å². The maximum atomic E-state index is 11.6. The Morgan fingerprint density at radius 1 is 1.29 bits per heavy atom. The first kappa shape index (κ1) is 12.0. The molecule has 1 aromatic heterocycles. The molecule has 0 unspecified atom stereocenters. The highest BCUT2D eigenvalue weighted by molar-refractivity contribution is 8.15. The van der Waals surface area contributed by atoms with E-state index in [1.54, 1.807) is 11.8 Å². The van der Waals surface area contributed by atoms with Crippen LogP contribution in [0.5, 0.6) is 0 Å². The van der Waals surface area contributed by atoms with Crippen LogP contribution in [-0.2, 0) is 4.79 Å². The van der Waals surface area contributed by atoms with Crippen molar-refractivity contribution in [1.29, 1.82) is 0 Å². The molecule has 0 bridgehead atoms. The van der Waals surface area contributed by atoms with E-state index in [0.29, 0.717) is 0 Å². The Labute approximate surface area is 96.1 Å². The number of hydrogen-bond donors (Lipinski definition) is 0. The summed E-state index contributed by atoms with van der Waals surface area (Å²) in [5.74, 6) is 0. The zero-order valence-electron chi connectivity index (χ0n) is 8.53. The lowest BCUT2D eigenvalue weighted by Gasteiger charge is -2.13. The van der Waals surface area contributed by atoms with Gasteiger partial charge in [0.2, 0.25) is 5.12 Å². The zero-order valence-corrected chi connectivity index (χ0v) is 11.0. The number of hydrogen-bond acceptors (Lipinski definition) is 6. The van der Waals surface area contributed by atoms with Gasteiger partial charge in [-0.05, 0) is 18.0 Å². The van der Waals surface area contributed by atoms with Gasteiger partial charge in [-0.3, -0.25) is 4.79 Å². The predicted octanol–water partition coefficient (Wildman–Crippen LogP) is 2.92. The maximum Gasteiger partial charge on any atom is 0.201 e. The monoisotopic (exact) mass is 248 g/mol. The van der Waals surface area contributed by atoms with Crippen LogP contribution < -0.4 is 0 Å². The first-order chi connectivity index (χ1) is 6.43. The van der Waals surface area contributed by atoms with Crippen molar-refractivity contribution in [2.45, 2.75) is 29.5 Å². The van der Waals surface area contributed by atoms with Crippen molar-refractivity contribution < 1.29 is 4.79 Å². The Balaban J connectivity index is 2.65. The number of rotatable bonds is 2. The van der Waals surface area contributed by atoms with Gasteiger partial charge < -0.3 is 0 Å². The Morgan fingerprint density at radius 2 is 1.86 bits per heavy atom. The second-order valence-electron chi connectivity index (χ2n) is 3.68. The fraction of sp³-hybridized carbons (Fsp3) is 0.625. The molecule has 0 N–H and O–H groups in total. The molecule has 3 nitrogen and oxygen atoms in total. The van der Waals surface area contributed by atoms with Crippen LogP contribution in [0.2, 0.25) is 0 Å². The lowest BCUT2D eigenvalue weighted by Crippen LogP contribution is -2.15. The molecule has 1 rings (SSSR count). The number of nitrogens with zero attached hydrogens (tertiary/aromatic N) is 2. The van der Waals surface area contributed by atoms with Gasteiger partial charge in [-0.15, -0.1) is 10.2 Å². The quantitative estimate of drug-likeness (QED) is 0.753. The molecule has 0 saturated heterocycles. The van der Waals surface area contributed by atoms with Crippen LogP contribution >= 0.6 is 34.9 Å². The van der Waals surface area contributed by atoms with Crippen LogP contribution in [0, 0.1) is 5.41 Å². The number of carbonyl (C=O) groups excluding carboxylic acids is 1. The third-order valence-electron chi connectivity index (χ3n) is 1.35. The van der Waals surface area contributed by atoms with Crippen molar-refractivity contribution in [3.63, 3.8) is 0 Å². The van der Waals surface area contributed by atoms with E-state index in [1.165, 1.54) is 23.1 Å². The lowest BCUT2D eigenvalue weighted by atomic mass is 10.00. The van der Waals surface area contributed by atoms with Gasteiger partial charge >= 0.3 is 0 Å². The van der Waals surface area contributed by atoms with E-state index >= 15 is 0 Å². The molecule has 0 fully saturated rings. The summed E-state index contributed by atoms with van der Waals surface area (Å²) in [6, 6.07) is 0. The van der Waals surface area contributed by atoms with Crippen molar-refractivity contribution in [3.8, 4) is 0 Å². The predicted molar refractivity (Wildman–Crippen MR) is 62.0 cm³/mol. The van der Waals surface area contributed by atoms with E-state index in [0.717, 1.165) is 8.68 Å². The minimum Gasteiger partial charge on any atom is -0.286 e. The van der Waals surface area contributed by atoms with E-state index in [-0.39, 0.29) is 10.5 Å². The summed E-state index contributed by atoms with van der Waals surface area (Å²) < 4.78 is 1.63. The zero-order chi connectivity index (χ0) is 10.8. The molecule has 0 amide bonds. The van der Waals surface area contributed by atoms with Crippen LogP contribution in [0.25, 0.3) is 0 Å². The topological polar surface area (TPSA) is 42.9 Å². The second-order valence-corrected chi connectivity index (χ2v) is 6.93. The third-order valence-corrected chi connectivity index (χ3v) is 4.60. The highest BCUT2D eigenvalue weighted by Gasteiger charge is 2.23. The molecule has 0 aliphatic heterocycles. The van der Waals surface area contributed by atoms with Crippen LogP contribution in [0.3, 0.4) is 0 Å². The molecule has 1 heterocycles. The summed E-state index contributed by atoms with van der Waals surface area (Å²) in [5, 5.41) is 7.98. The van der Waals surface area contributed by atoms with Crippen LogP contribution in [0.4, 0.5) is 0 Å². The van der Waals surface area contributed by atoms with E-state index in [9.17, 15) is 4.79 Å². The average Bonchev–Trinajstić information content (AvgIpc) is 2.50. The molecule has 14 heavy (non-hydrogen) atoms. The van der Waals surface area contributed by atoms with Gasteiger partial charge in [0.15, 0.2) is 8.68 Å². The van der Waals surface area contributed by atoms with Gasteiger partial charge in [-0.1, -0.05) is 43.9 Å². The fourth-order valence-corrected chi connectivity index (χ4v) is 2.89. The summed E-state index contributed by atoms with van der Waals surface area (Å²) in [6.07, 6.45) is 1.94. The molecule has 0 spiro atoms. The fourth-order valence-electron chi connectivity index (χ4n) is 0.553. The summed E-state index contributed by atoms with van der Waals surface area (Å²) in [4.78, 5) is 11.6. The van der Waals surface area contributed by atoms with Gasteiger partial charge in [0, 0.05) is 5.41 Å². The van der Waals surface area contributed by atoms with Gasteiger partial charge in [-0.25, -0.2) is 0 Å². The summed E-state index contributed by atoms with van der Waals surface area (Å²) in [5.41, 5.74) is -0.324. The summed E-state index contributed by atoms with van der Waals surface area (Å²) in [7, 11) is 0. The molecular formula is C8H12N2OS3. The Bertz CT molecular complexity index is 330. The minimum absolute atomic E-state index is 0.126. The summed E-state index contributed by atoms with van der Waals surface area (Å²) in [6.45, 7) is 5.70. The van der Waals surface area contributed by atoms with Gasteiger partial charge in [0.1, 0.15) is 0 Å². The van der Waals surface area contributed by atoms with E-state index < -0.39 is 0 Å². The first-order valence-electron chi connectivity index (χ1n) is 4.03. The highest BCUT2D eigenvalue weighted by atomic mass is 32.2. The molecule has 0 radical (unpaired) electrons. The number of carbonyl (C=O) groups is 1. The SMILES string of the molecule is CSc1nnc(SC(=O)C(C)(C)C)s1. The molecule has 0 aliphatic carbocycles. The molecule has 6 heteroatoms. The standard InChI is InChI=1S/C8H12N2OS3/c1-8(2,3)5(11)13-7-10-9-6(12-4)14-7/h1-4H3. The normalized spacial score (nSPS) is 11.7. The minimum atomic E-state index is -0.324. The average molecular weight is 248 g/mol. The van der Waals surface area contributed by atoms with Gasteiger partial charge in [-0.2, -0.15) is 0 Å². The molecule has 0 aliphatic rings. The Kier molecular flexibility index (Phi) is 3.97. The molecule has 1 aromatic rings. The Morgan fingerprint density at radius 3 is 2.29 bits per heavy atom. The number of aromatic nitrogens is 2. The molecule has 0 atom stereocenters. The second kappa shape index (κ2) is 4.63. The van der Waals surface area contributed by atoms with Crippen molar-refractivity contribution in [3.05, 3.63) is 0 Å². The van der Waals surface area contributed by atoms with E-state index in [4.69, 9.17) is 0 Å². The van der Waals surface area contributed by atoms with Crippen LogP contribution in [0.15, 0.2) is 8.68 Å². The smallest absolute Gasteiger partial charge is 0.201 e. The van der Waals surface area contributed by atoms with Crippen molar-refractivity contribution in [2.75, 3.05) is 6.26 Å².